The minimum Gasteiger partial charge on any atom is -0.480 e. The number of carbonyl (C=O) groups excluding carboxylic acids is 3. The lowest BCUT2D eigenvalue weighted by molar-refractivity contribution is -0.150. The van der Waals surface area contributed by atoms with Crippen LogP contribution in [0.15, 0.2) is 21.7 Å². The minimum atomic E-state index is -3.87. The Morgan fingerprint density at radius 3 is 2.24 bits per heavy atom. The number of nitrogens with one attached hydrogen (secondary N) is 2. The maximum atomic E-state index is 12.9. The predicted molar refractivity (Wildman–Crippen MR) is 128 cm³/mol. The number of rotatable bonds is 10. The van der Waals surface area contributed by atoms with Gasteiger partial charge in [-0.25, -0.2) is 22.7 Å². The number of carboxylic acids is 2. The van der Waals surface area contributed by atoms with E-state index in [-0.39, 0.29) is 54.8 Å². The van der Waals surface area contributed by atoms with Crippen LogP contribution in [0.4, 0.5) is 0 Å². The van der Waals surface area contributed by atoms with Crippen molar-refractivity contribution < 1.29 is 42.6 Å². The quantitative estimate of drug-likeness (QED) is 0.293. The molecule has 1 aromatic rings. The fourth-order valence-electron chi connectivity index (χ4n) is 4.80. The van der Waals surface area contributed by atoms with Crippen molar-refractivity contribution >= 4 is 51.0 Å². The SMILES string of the molecule is O=C(NC1CCN(C(=O)CCC(=O)N2CC(NS(=O)(=O)c3cccs3)CC2C(=O)O)C1C(=O)O)C1CC1. The fourth-order valence-corrected chi connectivity index (χ4v) is 7.05. The van der Waals surface area contributed by atoms with Crippen LogP contribution in [-0.2, 0) is 34.0 Å². The minimum absolute atomic E-state index is 0.0694. The van der Waals surface area contributed by atoms with Gasteiger partial charge in [-0.15, -0.1) is 11.3 Å². The largest absolute Gasteiger partial charge is 0.480 e. The van der Waals surface area contributed by atoms with Crippen LogP contribution in [0.2, 0.25) is 0 Å². The first-order valence-corrected chi connectivity index (χ1v) is 14.2. The maximum absolute atomic E-state index is 12.9. The average molecular weight is 557 g/mol. The van der Waals surface area contributed by atoms with E-state index < -0.39 is 57.9 Å². The number of likely N-dealkylation sites (tertiary alicyclic amines) is 2. The number of sulfonamides is 1. The summed E-state index contributed by atoms with van der Waals surface area (Å²) < 4.78 is 27.5. The topological polar surface area (TPSA) is 190 Å². The summed E-state index contributed by atoms with van der Waals surface area (Å²) in [5.41, 5.74) is 0. The van der Waals surface area contributed by atoms with Gasteiger partial charge in [-0.3, -0.25) is 14.4 Å². The van der Waals surface area contributed by atoms with Crippen molar-refractivity contribution in [1.82, 2.24) is 19.8 Å². The normalized spacial score (nSPS) is 25.7. The van der Waals surface area contributed by atoms with E-state index in [1.54, 1.807) is 11.4 Å². The monoisotopic (exact) mass is 556 g/mol. The maximum Gasteiger partial charge on any atom is 0.328 e. The smallest absolute Gasteiger partial charge is 0.328 e. The summed E-state index contributed by atoms with van der Waals surface area (Å²) >= 11 is 1.01. The van der Waals surface area contributed by atoms with E-state index in [1.807, 2.05) is 0 Å². The first kappa shape index (κ1) is 27.0. The zero-order chi connectivity index (χ0) is 26.9. The average Bonchev–Trinajstić information content (AvgIpc) is 3.22. The lowest BCUT2D eigenvalue weighted by Crippen LogP contribution is -2.51. The molecule has 0 radical (unpaired) electrons. The number of nitrogens with zero attached hydrogens (tertiary/aromatic N) is 2. The lowest BCUT2D eigenvalue weighted by Gasteiger charge is -2.26. The predicted octanol–water partition coefficient (Wildman–Crippen LogP) is -0.559. The number of thiophene rings is 1. The molecule has 1 saturated carbocycles. The lowest BCUT2D eigenvalue weighted by atomic mass is 10.1. The van der Waals surface area contributed by atoms with E-state index >= 15 is 0 Å². The van der Waals surface area contributed by atoms with Crippen LogP contribution in [0, 0.1) is 5.92 Å². The van der Waals surface area contributed by atoms with Crippen molar-refractivity contribution in [3.05, 3.63) is 17.5 Å². The van der Waals surface area contributed by atoms with Crippen molar-refractivity contribution in [2.45, 2.75) is 66.9 Å². The second kappa shape index (κ2) is 10.8. The Morgan fingerprint density at radius 1 is 1.00 bits per heavy atom. The van der Waals surface area contributed by atoms with Gasteiger partial charge in [0.2, 0.25) is 27.7 Å². The molecule has 2 saturated heterocycles. The summed E-state index contributed by atoms with van der Waals surface area (Å²) in [6.07, 6.45) is 0.940. The molecule has 1 aromatic heterocycles. The van der Waals surface area contributed by atoms with E-state index in [2.05, 4.69) is 10.0 Å². The first-order valence-electron chi connectivity index (χ1n) is 11.9. The molecule has 4 N–H and O–H groups in total. The number of amides is 3. The van der Waals surface area contributed by atoms with Crippen molar-refractivity contribution in [2.75, 3.05) is 13.1 Å². The van der Waals surface area contributed by atoms with Crippen LogP contribution < -0.4 is 10.0 Å². The van der Waals surface area contributed by atoms with Crippen molar-refractivity contribution in [1.29, 1.82) is 0 Å². The molecule has 0 spiro atoms. The number of carbonyl (C=O) groups is 5. The van der Waals surface area contributed by atoms with Crippen LogP contribution >= 0.6 is 11.3 Å². The van der Waals surface area contributed by atoms with Gasteiger partial charge in [0.15, 0.2) is 0 Å². The fraction of sp³-hybridized carbons (Fsp3) is 0.591. The Morgan fingerprint density at radius 2 is 1.68 bits per heavy atom. The van der Waals surface area contributed by atoms with Crippen LogP contribution in [0.5, 0.6) is 0 Å². The van der Waals surface area contributed by atoms with Gasteiger partial charge < -0.3 is 25.3 Å². The highest BCUT2D eigenvalue weighted by Gasteiger charge is 2.45. The Bertz CT molecular complexity index is 1180. The second-order valence-electron chi connectivity index (χ2n) is 9.43. The summed E-state index contributed by atoms with van der Waals surface area (Å²) in [5.74, 6) is -4.13. The van der Waals surface area contributed by atoms with Crippen molar-refractivity contribution in [3.63, 3.8) is 0 Å². The third-order valence-electron chi connectivity index (χ3n) is 6.79. The van der Waals surface area contributed by atoms with Crippen molar-refractivity contribution in [3.8, 4) is 0 Å². The van der Waals surface area contributed by atoms with Crippen molar-refractivity contribution in [2.24, 2.45) is 5.92 Å². The molecule has 15 heteroatoms. The molecular weight excluding hydrogens is 528 g/mol. The first-order chi connectivity index (χ1) is 17.5. The molecule has 3 amide bonds. The summed E-state index contributed by atoms with van der Waals surface area (Å²) in [6.45, 7) is -0.0705. The number of hydrogen-bond acceptors (Lipinski definition) is 8. The standard InChI is InChI=1S/C22H28N4O9S2/c27-16(25-8-7-14(19(25)22(32)33)23-20(29)12-3-4-12)5-6-17(28)26-11-13(10-15(26)21(30)31)24-37(34,35)18-2-1-9-36-18/h1-2,9,12-15,19,24H,3-8,10-11H2,(H,23,29)(H,30,31)(H,32,33). The molecule has 4 rings (SSSR count). The van der Waals surface area contributed by atoms with E-state index in [1.165, 1.54) is 6.07 Å². The molecule has 1 aliphatic carbocycles. The zero-order valence-electron chi connectivity index (χ0n) is 19.7. The highest BCUT2D eigenvalue weighted by molar-refractivity contribution is 7.91. The molecule has 202 valence electrons. The van der Waals surface area contributed by atoms with Crippen LogP contribution in [0.25, 0.3) is 0 Å². The Balaban J connectivity index is 1.35. The molecule has 2 aliphatic heterocycles. The van der Waals surface area contributed by atoms with Gasteiger partial charge in [0.05, 0.1) is 6.04 Å². The third kappa shape index (κ3) is 6.10. The summed E-state index contributed by atoms with van der Waals surface area (Å²) in [4.78, 5) is 63.6. The highest BCUT2D eigenvalue weighted by atomic mass is 32.2. The number of carboxylic acid groups (broad SMARTS) is 2. The molecule has 3 heterocycles. The molecule has 4 unspecified atom stereocenters. The van der Waals surface area contributed by atoms with E-state index in [0.29, 0.717) is 0 Å². The molecule has 0 bridgehead atoms. The molecule has 37 heavy (non-hydrogen) atoms. The van der Waals surface area contributed by atoms with Gasteiger partial charge in [0.1, 0.15) is 16.3 Å². The second-order valence-corrected chi connectivity index (χ2v) is 12.3. The third-order valence-corrected chi connectivity index (χ3v) is 9.71. The van der Waals surface area contributed by atoms with Gasteiger partial charge in [0, 0.05) is 37.9 Å². The Labute approximate surface area is 216 Å². The summed E-state index contributed by atoms with van der Waals surface area (Å²) in [7, 11) is -3.87. The van der Waals surface area contributed by atoms with Gasteiger partial charge in [-0.2, -0.15) is 0 Å². The Kier molecular flexibility index (Phi) is 7.85. The Hall–Kier alpha value is -3.04. The van der Waals surface area contributed by atoms with E-state index in [0.717, 1.165) is 34.0 Å². The van der Waals surface area contributed by atoms with Gasteiger partial charge in [-0.05, 0) is 37.1 Å². The number of hydrogen-bond donors (Lipinski definition) is 4. The van der Waals surface area contributed by atoms with E-state index in [4.69, 9.17) is 0 Å². The highest BCUT2D eigenvalue weighted by Crippen LogP contribution is 2.30. The van der Waals surface area contributed by atoms with Crippen LogP contribution in [0.3, 0.4) is 0 Å². The van der Waals surface area contributed by atoms with Crippen LogP contribution in [0.1, 0.15) is 38.5 Å². The van der Waals surface area contributed by atoms with Crippen LogP contribution in [-0.4, -0.2) is 95.3 Å². The summed E-state index contributed by atoms with van der Waals surface area (Å²) in [5, 5.41) is 23.5. The molecule has 3 aliphatic rings. The summed E-state index contributed by atoms with van der Waals surface area (Å²) in [6, 6.07) is -1.08. The number of aliphatic carboxylic acids is 2. The van der Waals surface area contributed by atoms with E-state index in [9.17, 15) is 42.6 Å². The van der Waals surface area contributed by atoms with Gasteiger partial charge in [-0.1, -0.05) is 6.07 Å². The van der Waals surface area contributed by atoms with Gasteiger partial charge in [0.25, 0.3) is 0 Å². The molecule has 3 fully saturated rings. The molecule has 0 aromatic carbocycles. The molecule has 13 nitrogen and oxygen atoms in total. The van der Waals surface area contributed by atoms with Gasteiger partial charge >= 0.3 is 11.9 Å². The molecule has 4 atom stereocenters. The molecular formula is C22H28N4O9S2. The zero-order valence-corrected chi connectivity index (χ0v) is 21.4.